The third-order valence-corrected chi connectivity index (χ3v) is 5.09. The van der Waals surface area contributed by atoms with Gasteiger partial charge in [-0.2, -0.15) is 13.2 Å². The molecule has 1 unspecified atom stereocenters. The van der Waals surface area contributed by atoms with Gasteiger partial charge >= 0.3 is 6.18 Å². The number of benzene rings is 1. The van der Waals surface area contributed by atoms with Crippen molar-refractivity contribution in [1.29, 1.82) is 0 Å². The van der Waals surface area contributed by atoms with Crippen LogP contribution in [-0.4, -0.2) is 20.6 Å². The van der Waals surface area contributed by atoms with E-state index < -0.39 is 33.6 Å². The first-order valence-corrected chi connectivity index (χ1v) is 8.19. The smallest absolute Gasteiger partial charge is 0.208 e. The summed E-state index contributed by atoms with van der Waals surface area (Å²) in [6.07, 6.45) is -5.77. The summed E-state index contributed by atoms with van der Waals surface area (Å²) in [6, 6.07) is 1.24. The van der Waals surface area contributed by atoms with Crippen molar-refractivity contribution in [2.24, 2.45) is 0 Å². The zero-order valence-electron chi connectivity index (χ0n) is 9.93. The van der Waals surface area contributed by atoms with Crippen molar-refractivity contribution in [3.8, 4) is 0 Å². The van der Waals surface area contributed by atoms with E-state index in [0.29, 0.717) is 4.47 Å². The number of nitrogens with one attached hydrogen (secondary N) is 1. The number of halogens is 6. The minimum atomic E-state index is -4.48. The zero-order valence-corrected chi connectivity index (χ0v) is 13.8. The van der Waals surface area contributed by atoms with Gasteiger partial charge in [-0.1, -0.05) is 39.1 Å². The molecule has 1 aromatic rings. The average Bonchev–Trinajstić information content (AvgIpc) is 2.08. The van der Waals surface area contributed by atoms with Gasteiger partial charge in [0.1, 0.15) is 4.90 Å². The lowest BCUT2D eigenvalue weighted by Gasteiger charge is -2.17. The summed E-state index contributed by atoms with van der Waals surface area (Å²) in [5.41, 5.74) is 0. The minimum absolute atomic E-state index is 0.184. The third kappa shape index (κ3) is 5.07. The van der Waals surface area contributed by atoms with Crippen LogP contribution in [0.5, 0.6) is 0 Å². The first-order chi connectivity index (χ1) is 8.92. The van der Waals surface area contributed by atoms with E-state index in [9.17, 15) is 21.6 Å². The molecule has 1 rings (SSSR count). The number of rotatable bonds is 4. The quantitative estimate of drug-likeness (QED) is 0.794. The highest BCUT2D eigenvalue weighted by atomic mass is 79.9. The maximum absolute atomic E-state index is 12.2. The highest BCUT2D eigenvalue weighted by Crippen LogP contribution is 2.33. The van der Waals surface area contributed by atoms with Crippen molar-refractivity contribution >= 4 is 49.2 Å². The normalized spacial score (nSPS) is 14.3. The summed E-state index contributed by atoms with van der Waals surface area (Å²) in [7, 11) is -4.24. The molecule has 0 fully saturated rings. The van der Waals surface area contributed by atoms with Crippen LogP contribution in [0.25, 0.3) is 0 Å². The standard InChI is InChI=1S/C10H9BrCl2F3NO2S/c1-5(4-10(14,15)16)17-20(18,19)9-7(12)2-6(11)3-8(9)13/h2-3,5,17H,4H2,1H3. The molecule has 1 aromatic carbocycles. The largest absolute Gasteiger partial charge is 0.390 e. The maximum atomic E-state index is 12.2. The average molecular weight is 415 g/mol. The summed E-state index contributed by atoms with van der Waals surface area (Å²) in [4.78, 5) is -0.446. The topological polar surface area (TPSA) is 46.2 Å². The van der Waals surface area contributed by atoms with Gasteiger partial charge in [0, 0.05) is 10.5 Å². The highest BCUT2D eigenvalue weighted by molar-refractivity contribution is 9.10. The van der Waals surface area contributed by atoms with Crippen molar-refractivity contribution in [2.75, 3.05) is 0 Å². The second-order valence-corrected chi connectivity index (χ2v) is 7.42. The van der Waals surface area contributed by atoms with E-state index in [1.807, 2.05) is 4.72 Å². The molecule has 0 amide bonds. The second kappa shape index (κ2) is 6.39. The molecule has 0 bridgehead atoms. The van der Waals surface area contributed by atoms with Gasteiger partial charge in [-0.3, -0.25) is 0 Å². The van der Waals surface area contributed by atoms with Gasteiger partial charge in [0.25, 0.3) is 0 Å². The number of sulfonamides is 1. The van der Waals surface area contributed by atoms with Crippen LogP contribution in [0.15, 0.2) is 21.5 Å². The van der Waals surface area contributed by atoms with Gasteiger partial charge in [-0.15, -0.1) is 0 Å². The lowest BCUT2D eigenvalue weighted by atomic mass is 10.2. The summed E-state index contributed by atoms with van der Waals surface area (Å²) in [6.45, 7) is 1.10. The molecule has 0 aromatic heterocycles. The number of hydrogen-bond acceptors (Lipinski definition) is 2. The molecule has 20 heavy (non-hydrogen) atoms. The first-order valence-electron chi connectivity index (χ1n) is 5.16. The van der Waals surface area contributed by atoms with E-state index in [1.165, 1.54) is 12.1 Å². The molecule has 114 valence electrons. The van der Waals surface area contributed by atoms with Crippen LogP contribution in [0, 0.1) is 0 Å². The molecule has 3 nitrogen and oxygen atoms in total. The van der Waals surface area contributed by atoms with Gasteiger partial charge in [-0.05, 0) is 19.1 Å². The van der Waals surface area contributed by atoms with Gasteiger partial charge in [0.2, 0.25) is 10.0 Å². The van der Waals surface area contributed by atoms with E-state index in [4.69, 9.17) is 23.2 Å². The molecular weight excluding hydrogens is 406 g/mol. The van der Waals surface area contributed by atoms with E-state index in [2.05, 4.69) is 15.9 Å². The van der Waals surface area contributed by atoms with Crippen LogP contribution in [0.1, 0.15) is 13.3 Å². The van der Waals surface area contributed by atoms with E-state index in [-0.39, 0.29) is 10.0 Å². The van der Waals surface area contributed by atoms with Crippen molar-refractivity contribution in [3.63, 3.8) is 0 Å². The Labute approximate surface area is 132 Å². The predicted molar refractivity (Wildman–Crippen MR) is 74.6 cm³/mol. The Bertz CT molecular complexity index is 584. The molecule has 0 saturated carbocycles. The molecule has 0 spiro atoms. The lowest BCUT2D eigenvalue weighted by molar-refractivity contribution is -0.137. The SMILES string of the molecule is CC(CC(F)(F)F)NS(=O)(=O)c1c(Cl)cc(Br)cc1Cl. The van der Waals surface area contributed by atoms with Crippen molar-refractivity contribution < 1.29 is 21.6 Å². The molecular formula is C10H9BrCl2F3NO2S. The molecule has 0 radical (unpaired) electrons. The van der Waals surface area contributed by atoms with E-state index in [1.54, 1.807) is 0 Å². The molecule has 10 heteroatoms. The van der Waals surface area contributed by atoms with Gasteiger partial charge in [-0.25, -0.2) is 13.1 Å². The predicted octanol–water partition coefficient (Wildman–Crippen LogP) is 4.38. The van der Waals surface area contributed by atoms with Gasteiger partial charge < -0.3 is 0 Å². The Balaban J connectivity index is 3.07. The fourth-order valence-corrected chi connectivity index (χ4v) is 4.68. The highest BCUT2D eigenvalue weighted by Gasteiger charge is 2.33. The van der Waals surface area contributed by atoms with Crippen molar-refractivity contribution in [2.45, 2.75) is 30.5 Å². The van der Waals surface area contributed by atoms with Crippen LogP contribution in [0.4, 0.5) is 13.2 Å². The number of hydrogen-bond donors (Lipinski definition) is 1. The minimum Gasteiger partial charge on any atom is -0.208 e. The fourth-order valence-electron chi connectivity index (χ4n) is 1.50. The zero-order chi connectivity index (χ0) is 15.7. The Morgan fingerprint density at radius 3 is 2.15 bits per heavy atom. The van der Waals surface area contributed by atoms with E-state index >= 15 is 0 Å². The van der Waals surface area contributed by atoms with Crippen LogP contribution in [0.2, 0.25) is 10.0 Å². The first kappa shape index (κ1) is 18.0. The molecule has 0 aliphatic rings. The third-order valence-electron chi connectivity index (χ3n) is 2.13. The summed E-state index contributed by atoms with van der Waals surface area (Å²) < 4.78 is 63.0. The molecule has 1 atom stereocenters. The Morgan fingerprint density at radius 2 is 1.75 bits per heavy atom. The Kier molecular flexibility index (Phi) is 5.76. The maximum Gasteiger partial charge on any atom is 0.390 e. The molecule has 0 aliphatic carbocycles. The second-order valence-electron chi connectivity index (χ2n) is 4.04. The monoisotopic (exact) mass is 413 g/mol. The fraction of sp³-hybridized carbons (Fsp3) is 0.400. The Morgan fingerprint density at radius 1 is 1.30 bits per heavy atom. The van der Waals surface area contributed by atoms with E-state index in [0.717, 1.165) is 6.92 Å². The van der Waals surface area contributed by atoms with Gasteiger partial charge in [0.05, 0.1) is 16.5 Å². The number of alkyl halides is 3. The van der Waals surface area contributed by atoms with Crippen LogP contribution >= 0.6 is 39.1 Å². The summed E-state index contributed by atoms with van der Waals surface area (Å²) >= 11 is 14.6. The Hall–Kier alpha value is -0.0200. The molecule has 0 saturated heterocycles. The summed E-state index contributed by atoms with van der Waals surface area (Å²) in [5.74, 6) is 0. The van der Waals surface area contributed by atoms with Gasteiger partial charge in [0.15, 0.2) is 0 Å². The van der Waals surface area contributed by atoms with Crippen molar-refractivity contribution in [3.05, 3.63) is 26.7 Å². The summed E-state index contributed by atoms with van der Waals surface area (Å²) in [5, 5.41) is -0.368. The van der Waals surface area contributed by atoms with Crippen LogP contribution < -0.4 is 4.72 Å². The lowest BCUT2D eigenvalue weighted by Crippen LogP contribution is -2.36. The van der Waals surface area contributed by atoms with Crippen LogP contribution in [-0.2, 0) is 10.0 Å². The molecule has 0 heterocycles. The van der Waals surface area contributed by atoms with Crippen LogP contribution in [0.3, 0.4) is 0 Å². The van der Waals surface area contributed by atoms with Crippen molar-refractivity contribution in [1.82, 2.24) is 4.72 Å². The molecule has 0 aliphatic heterocycles. The molecule has 1 N–H and O–H groups in total.